The van der Waals surface area contributed by atoms with Gasteiger partial charge in [-0.2, -0.15) is 0 Å². The van der Waals surface area contributed by atoms with Crippen LogP contribution in [0.1, 0.15) is 44.3 Å². The van der Waals surface area contributed by atoms with Gasteiger partial charge in [-0.05, 0) is 30.7 Å². The molecule has 11 nitrogen and oxygen atoms in total. The van der Waals surface area contributed by atoms with Crippen LogP contribution < -0.4 is 4.74 Å². The molecule has 11 heteroatoms. The van der Waals surface area contributed by atoms with Gasteiger partial charge in [0, 0.05) is 24.1 Å². The van der Waals surface area contributed by atoms with Crippen molar-refractivity contribution in [3.8, 4) is 17.2 Å². The number of aliphatic hydroxyl groups excluding tert-OH is 3. The summed E-state index contributed by atoms with van der Waals surface area (Å²) in [7, 11) is 0. The van der Waals surface area contributed by atoms with Crippen molar-refractivity contribution in [2.45, 2.75) is 44.6 Å². The lowest BCUT2D eigenvalue weighted by Crippen LogP contribution is -2.60. The number of fused-ring (bicyclic) bond motifs is 2. The summed E-state index contributed by atoms with van der Waals surface area (Å²) in [6.45, 7) is 2.33. The van der Waals surface area contributed by atoms with Crippen LogP contribution in [0.4, 0.5) is 0 Å². The number of phenols is 2. The van der Waals surface area contributed by atoms with Crippen LogP contribution in [0.3, 0.4) is 0 Å². The number of phenolic OH excluding ortho intramolecular Hbond substituents is 2. The molecular weight excluding hydrogens is 452 g/mol. The van der Waals surface area contributed by atoms with Crippen LogP contribution in [0.15, 0.2) is 24.3 Å². The lowest BCUT2D eigenvalue weighted by molar-refractivity contribution is -0.278. The maximum atomic E-state index is 13.3. The van der Waals surface area contributed by atoms with Crippen LogP contribution in [0.25, 0.3) is 0 Å². The van der Waals surface area contributed by atoms with Gasteiger partial charge in [-0.3, -0.25) is 14.4 Å². The summed E-state index contributed by atoms with van der Waals surface area (Å²) in [5, 5.41) is 50.8. The Morgan fingerprint density at radius 1 is 0.941 bits per heavy atom. The van der Waals surface area contributed by atoms with E-state index in [-0.39, 0.29) is 28.0 Å². The molecule has 0 amide bonds. The first kappa shape index (κ1) is 23.6. The van der Waals surface area contributed by atoms with E-state index >= 15 is 0 Å². The van der Waals surface area contributed by atoms with Gasteiger partial charge in [0.05, 0.1) is 11.1 Å². The van der Waals surface area contributed by atoms with E-state index in [0.29, 0.717) is 5.56 Å². The van der Waals surface area contributed by atoms with E-state index in [4.69, 9.17) is 14.2 Å². The molecule has 4 rings (SSSR count). The molecule has 2 aromatic rings. The van der Waals surface area contributed by atoms with E-state index in [0.717, 1.165) is 19.1 Å². The number of ketones is 2. The maximum Gasteiger partial charge on any atom is 0.302 e. The molecule has 1 aliphatic carbocycles. The molecule has 5 atom stereocenters. The van der Waals surface area contributed by atoms with Gasteiger partial charge < -0.3 is 39.7 Å². The second-order valence-electron chi connectivity index (χ2n) is 8.17. The van der Waals surface area contributed by atoms with Crippen molar-refractivity contribution in [2.75, 3.05) is 6.61 Å². The molecule has 2 aromatic carbocycles. The zero-order valence-corrected chi connectivity index (χ0v) is 18.1. The minimum Gasteiger partial charge on any atom is -0.508 e. The van der Waals surface area contributed by atoms with Crippen molar-refractivity contribution in [2.24, 2.45) is 0 Å². The second-order valence-corrected chi connectivity index (χ2v) is 8.17. The molecule has 5 N–H and O–H groups in total. The van der Waals surface area contributed by atoms with Gasteiger partial charge in [-0.1, -0.05) is 0 Å². The number of hydrogen-bond acceptors (Lipinski definition) is 11. The van der Waals surface area contributed by atoms with E-state index in [9.17, 15) is 39.9 Å². The van der Waals surface area contributed by atoms with Gasteiger partial charge in [0.2, 0.25) is 12.1 Å². The maximum absolute atomic E-state index is 13.3. The first-order valence-electron chi connectivity index (χ1n) is 10.3. The number of rotatable bonds is 4. The third-order valence-electron chi connectivity index (χ3n) is 5.65. The summed E-state index contributed by atoms with van der Waals surface area (Å²) in [5.74, 6) is -3.23. The van der Waals surface area contributed by atoms with Gasteiger partial charge in [-0.25, -0.2) is 0 Å². The summed E-state index contributed by atoms with van der Waals surface area (Å²) < 4.78 is 16.0. The van der Waals surface area contributed by atoms with Crippen LogP contribution in [0, 0.1) is 6.92 Å². The van der Waals surface area contributed by atoms with Crippen LogP contribution in [0.5, 0.6) is 17.2 Å². The van der Waals surface area contributed by atoms with Gasteiger partial charge in [-0.15, -0.1) is 0 Å². The highest BCUT2D eigenvalue weighted by Gasteiger charge is 2.46. The zero-order chi connectivity index (χ0) is 24.9. The Labute approximate surface area is 192 Å². The Hall–Kier alpha value is -3.51. The lowest BCUT2D eigenvalue weighted by atomic mass is 9.82. The minimum absolute atomic E-state index is 0.0557. The molecule has 1 aliphatic heterocycles. The topological polar surface area (TPSA) is 180 Å². The SMILES string of the molecule is CC(=O)OC[C@H]1O[C@@H](Oc2cc(C)cc3c2C(=O)c2c(O)cc(O)cc2C3=O)[C@H](O)[C@@H](O)[C@@H]1O. The smallest absolute Gasteiger partial charge is 0.302 e. The Bertz CT molecular complexity index is 1190. The largest absolute Gasteiger partial charge is 0.508 e. The number of ether oxygens (including phenoxy) is 3. The molecule has 0 radical (unpaired) electrons. The summed E-state index contributed by atoms with van der Waals surface area (Å²) in [4.78, 5) is 37.5. The predicted octanol–water partition coefficient (Wildman–Crippen LogP) is -0.0689. The fraction of sp³-hybridized carbons (Fsp3) is 0.348. The number of aliphatic hydroxyl groups is 3. The Balaban J connectivity index is 1.73. The number of aryl methyl sites for hydroxylation is 1. The monoisotopic (exact) mass is 474 g/mol. The highest BCUT2D eigenvalue weighted by atomic mass is 16.7. The third-order valence-corrected chi connectivity index (χ3v) is 5.65. The van der Waals surface area contributed by atoms with E-state index in [1.807, 2.05) is 0 Å². The molecule has 1 saturated heterocycles. The minimum atomic E-state index is -1.76. The van der Waals surface area contributed by atoms with E-state index < -0.39 is 66.3 Å². The number of carbonyl (C=O) groups excluding carboxylic acids is 3. The molecule has 1 heterocycles. The normalized spacial score (nSPS) is 26.0. The van der Waals surface area contributed by atoms with Gasteiger partial charge in [0.1, 0.15) is 48.3 Å². The summed E-state index contributed by atoms with van der Waals surface area (Å²) in [5.41, 5.74) is -0.264. The van der Waals surface area contributed by atoms with Crippen LogP contribution in [-0.4, -0.2) is 80.4 Å². The molecule has 180 valence electrons. The zero-order valence-electron chi connectivity index (χ0n) is 18.1. The molecule has 0 unspecified atom stereocenters. The van der Waals surface area contributed by atoms with Crippen molar-refractivity contribution >= 4 is 17.5 Å². The predicted molar refractivity (Wildman–Crippen MR) is 112 cm³/mol. The van der Waals surface area contributed by atoms with Crippen molar-refractivity contribution in [1.29, 1.82) is 0 Å². The van der Waals surface area contributed by atoms with Gasteiger partial charge in [0.25, 0.3) is 0 Å². The molecule has 0 saturated carbocycles. The van der Waals surface area contributed by atoms with Gasteiger partial charge >= 0.3 is 5.97 Å². The Kier molecular flexibility index (Phi) is 6.04. The van der Waals surface area contributed by atoms with Crippen molar-refractivity contribution in [3.63, 3.8) is 0 Å². The number of esters is 1. The molecule has 1 fully saturated rings. The van der Waals surface area contributed by atoms with E-state index in [1.165, 1.54) is 12.1 Å². The molecule has 0 bridgehead atoms. The summed E-state index contributed by atoms with van der Waals surface area (Å²) in [6, 6.07) is 4.84. The average Bonchev–Trinajstić information content (AvgIpc) is 2.76. The molecular formula is C23H22O11. The van der Waals surface area contributed by atoms with Crippen molar-refractivity contribution in [1.82, 2.24) is 0 Å². The number of hydrogen-bond donors (Lipinski definition) is 5. The number of carbonyl (C=O) groups is 3. The molecule has 0 spiro atoms. The molecule has 0 aromatic heterocycles. The lowest BCUT2D eigenvalue weighted by Gasteiger charge is -2.40. The standard InChI is InChI=1S/C23H22O11/c1-8-3-11-17(20(29)16-12(18(11)27)5-10(25)6-13(16)26)14(4-8)33-23-22(31)21(30)19(28)15(34-23)7-32-9(2)24/h3-6,15,19,21-23,25-26,28,30-31H,7H2,1-2H3/t15-,19-,21+,22-,23-/m1/s1. The van der Waals surface area contributed by atoms with Crippen LogP contribution in [0.2, 0.25) is 0 Å². The van der Waals surface area contributed by atoms with Gasteiger partial charge in [0.15, 0.2) is 5.78 Å². The summed E-state index contributed by atoms with van der Waals surface area (Å²) >= 11 is 0. The average molecular weight is 474 g/mol. The van der Waals surface area contributed by atoms with E-state index in [2.05, 4.69) is 0 Å². The first-order valence-corrected chi connectivity index (χ1v) is 10.3. The van der Waals surface area contributed by atoms with Crippen molar-refractivity contribution in [3.05, 3.63) is 52.1 Å². The first-order chi connectivity index (χ1) is 16.0. The second kappa shape index (κ2) is 8.69. The van der Waals surface area contributed by atoms with Crippen molar-refractivity contribution < 1.29 is 54.1 Å². The van der Waals surface area contributed by atoms with Crippen LogP contribution >= 0.6 is 0 Å². The van der Waals surface area contributed by atoms with Crippen LogP contribution in [-0.2, 0) is 14.3 Å². The third kappa shape index (κ3) is 3.99. The quantitative estimate of drug-likeness (QED) is 0.319. The number of aromatic hydroxyl groups is 2. The Morgan fingerprint density at radius 3 is 2.29 bits per heavy atom. The molecule has 2 aliphatic rings. The fourth-order valence-electron chi connectivity index (χ4n) is 4.04. The summed E-state index contributed by atoms with van der Waals surface area (Å²) in [6.07, 6.45) is -7.95. The fourth-order valence-corrected chi connectivity index (χ4v) is 4.04. The Morgan fingerprint density at radius 2 is 1.62 bits per heavy atom. The number of benzene rings is 2. The highest BCUT2D eigenvalue weighted by molar-refractivity contribution is 6.30. The molecule has 34 heavy (non-hydrogen) atoms. The van der Waals surface area contributed by atoms with E-state index in [1.54, 1.807) is 6.92 Å². The highest BCUT2D eigenvalue weighted by Crippen LogP contribution is 2.40.